The fourth-order valence-electron chi connectivity index (χ4n) is 2.21. The van der Waals surface area contributed by atoms with E-state index < -0.39 is 0 Å². The topological polar surface area (TPSA) is 59.4 Å². The van der Waals surface area contributed by atoms with Crippen LogP contribution in [0.3, 0.4) is 0 Å². The van der Waals surface area contributed by atoms with Crippen LogP contribution >= 0.6 is 0 Å². The van der Waals surface area contributed by atoms with Gasteiger partial charge in [-0.05, 0) is 26.5 Å². The number of nitrogens with zero attached hydrogens (tertiary/aromatic N) is 3. The first-order valence-corrected chi connectivity index (χ1v) is 7.97. The Morgan fingerprint density at radius 3 is 2.45 bits per heavy atom. The second kappa shape index (κ2) is 11.1. The second-order valence-corrected chi connectivity index (χ2v) is 5.26. The molecule has 22 heavy (non-hydrogen) atoms. The quantitative estimate of drug-likeness (QED) is 0.877. The van der Waals surface area contributed by atoms with Crippen molar-refractivity contribution in [2.24, 2.45) is 7.05 Å². The van der Waals surface area contributed by atoms with E-state index in [2.05, 4.69) is 53.8 Å². The molecule has 1 amide bonds. The molecule has 1 aromatic rings. The molecule has 6 nitrogen and oxygen atoms in total. The molecule has 1 aromatic heterocycles. The normalized spacial score (nSPS) is 11.6. The number of nitrogens with one attached hydrogen (secondary N) is 1. The van der Waals surface area contributed by atoms with Crippen LogP contribution in [0.15, 0.2) is 6.07 Å². The maximum absolute atomic E-state index is 11.0. The van der Waals surface area contributed by atoms with Gasteiger partial charge in [-0.2, -0.15) is 5.10 Å². The van der Waals surface area contributed by atoms with Crippen molar-refractivity contribution in [3.8, 4) is 0 Å². The number of aryl methyl sites for hydroxylation is 2. The second-order valence-electron chi connectivity index (χ2n) is 5.26. The van der Waals surface area contributed by atoms with Gasteiger partial charge >= 0.3 is 6.09 Å². The Hall–Kier alpha value is -1.56. The van der Waals surface area contributed by atoms with Gasteiger partial charge in [0, 0.05) is 26.2 Å². The van der Waals surface area contributed by atoms with Crippen LogP contribution in [0.5, 0.6) is 0 Å². The standard InChI is InChI=1S/C13H24N4O2.C3H8/c1-6-17(8-7-14-13(18)19-5)11(3)12-9-10(2)15-16(12)4;1-3-2/h9,11H,6-8H2,1-5H3,(H,14,18);3H2,1-2H3. The highest BCUT2D eigenvalue weighted by molar-refractivity contribution is 5.66. The Kier molecular flexibility index (Phi) is 10.3. The molecule has 0 radical (unpaired) electrons. The van der Waals surface area contributed by atoms with Crippen LogP contribution in [0.25, 0.3) is 0 Å². The third-order valence-electron chi connectivity index (χ3n) is 3.27. The molecule has 1 rings (SSSR count). The first kappa shape index (κ1) is 20.4. The van der Waals surface area contributed by atoms with Crippen LogP contribution in [0.2, 0.25) is 0 Å². The number of hydrogen-bond donors (Lipinski definition) is 1. The number of hydrogen-bond acceptors (Lipinski definition) is 4. The van der Waals surface area contributed by atoms with Crippen molar-refractivity contribution in [1.82, 2.24) is 20.0 Å². The predicted molar refractivity (Wildman–Crippen MR) is 90.0 cm³/mol. The molecule has 0 saturated heterocycles. The summed E-state index contributed by atoms with van der Waals surface area (Å²) >= 11 is 0. The fourth-order valence-corrected chi connectivity index (χ4v) is 2.21. The monoisotopic (exact) mass is 312 g/mol. The fraction of sp³-hybridized carbons (Fsp3) is 0.750. The van der Waals surface area contributed by atoms with E-state index in [9.17, 15) is 4.79 Å². The van der Waals surface area contributed by atoms with Crippen LogP contribution < -0.4 is 5.32 Å². The number of carbonyl (C=O) groups is 1. The van der Waals surface area contributed by atoms with Gasteiger partial charge in [-0.15, -0.1) is 0 Å². The smallest absolute Gasteiger partial charge is 0.406 e. The molecule has 6 heteroatoms. The SMILES string of the molecule is CCC.CCN(CCNC(=O)OC)C(C)c1cc(C)nn1C. The van der Waals surface area contributed by atoms with Gasteiger partial charge in [0.25, 0.3) is 0 Å². The van der Waals surface area contributed by atoms with E-state index in [0.717, 1.165) is 18.8 Å². The van der Waals surface area contributed by atoms with E-state index in [-0.39, 0.29) is 12.1 Å². The molecule has 0 aliphatic heterocycles. The molecule has 1 atom stereocenters. The summed E-state index contributed by atoms with van der Waals surface area (Å²) in [7, 11) is 3.33. The summed E-state index contributed by atoms with van der Waals surface area (Å²) in [6.07, 6.45) is 0.861. The van der Waals surface area contributed by atoms with Gasteiger partial charge in [0.2, 0.25) is 0 Å². The molecule has 0 aliphatic rings. The third kappa shape index (κ3) is 6.93. The van der Waals surface area contributed by atoms with Gasteiger partial charge in [-0.1, -0.05) is 27.2 Å². The number of methoxy groups -OCH3 is 1. The third-order valence-corrected chi connectivity index (χ3v) is 3.27. The molecule has 0 spiro atoms. The van der Waals surface area contributed by atoms with E-state index in [1.807, 2.05) is 18.7 Å². The lowest BCUT2D eigenvalue weighted by Gasteiger charge is -2.27. The zero-order chi connectivity index (χ0) is 17.1. The first-order chi connectivity index (χ1) is 10.4. The molecule has 0 saturated carbocycles. The van der Waals surface area contributed by atoms with E-state index >= 15 is 0 Å². The maximum atomic E-state index is 11.0. The maximum Gasteiger partial charge on any atom is 0.406 e. The lowest BCUT2D eigenvalue weighted by molar-refractivity contribution is 0.165. The number of aromatic nitrogens is 2. The average Bonchev–Trinajstić information content (AvgIpc) is 2.82. The zero-order valence-corrected chi connectivity index (χ0v) is 15.1. The van der Waals surface area contributed by atoms with Crippen molar-refractivity contribution in [2.45, 2.75) is 47.1 Å². The summed E-state index contributed by atoms with van der Waals surface area (Å²) in [5.41, 5.74) is 2.20. The van der Waals surface area contributed by atoms with Crippen LogP contribution in [-0.2, 0) is 11.8 Å². The van der Waals surface area contributed by atoms with Crippen LogP contribution in [0.1, 0.15) is 51.5 Å². The van der Waals surface area contributed by atoms with Crippen molar-refractivity contribution >= 4 is 6.09 Å². The number of alkyl carbamates (subject to hydrolysis) is 1. The summed E-state index contributed by atoms with van der Waals surface area (Å²) in [5, 5.41) is 7.07. The largest absolute Gasteiger partial charge is 0.453 e. The summed E-state index contributed by atoms with van der Waals surface area (Å²) in [6, 6.07) is 2.36. The Bertz CT molecular complexity index is 432. The Morgan fingerprint density at radius 2 is 2.05 bits per heavy atom. The minimum Gasteiger partial charge on any atom is -0.453 e. The van der Waals surface area contributed by atoms with Crippen molar-refractivity contribution < 1.29 is 9.53 Å². The highest BCUT2D eigenvalue weighted by Crippen LogP contribution is 2.19. The van der Waals surface area contributed by atoms with Crippen molar-refractivity contribution in [3.63, 3.8) is 0 Å². The van der Waals surface area contributed by atoms with Gasteiger partial charge in [-0.25, -0.2) is 4.79 Å². The van der Waals surface area contributed by atoms with Crippen LogP contribution in [0.4, 0.5) is 4.79 Å². The van der Waals surface area contributed by atoms with Gasteiger partial charge in [-0.3, -0.25) is 9.58 Å². The molecule has 0 fully saturated rings. The molecule has 128 valence electrons. The van der Waals surface area contributed by atoms with E-state index in [0.29, 0.717) is 6.54 Å². The number of rotatable bonds is 6. The van der Waals surface area contributed by atoms with Gasteiger partial charge in [0.1, 0.15) is 0 Å². The van der Waals surface area contributed by atoms with Crippen LogP contribution in [-0.4, -0.2) is 47.5 Å². The molecule has 1 heterocycles. The highest BCUT2D eigenvalue weighted by Gasteiger charge is 2.17. The zero-order valence-electron chi connectivity index (χ0n) is 15.1. The summed E-state index contributed by atoms with van der Waals surface area (Å²) < 4.78 is 6.46. The minimum atomic E-state index is -0.389. The van der Waals surface area contributed by atoms with Crippen molar-refractivity contribution in [1.29, 1.82) is 0 Å². The Balaban J connectivity index is 0.00000135. The Morgan fingerprint density at radius 1 is 1.45 bits per heavy atom. The predicted octanol–water partition coefficient (Wildman–Crippen LogP) is 2.88. The van der Waals surface area contributed by atoms with Crippen molar-refractivity contribution in [3.05, 3.63) is 17.5 Å². The summed E-state index contributed by atoms with van der Waals surface area (Å²) in [6.45, 7) is 12.8. The molecule has 0 aliphatic carbocycles. The Labute approximate surface area is 134 Å². The lowest BCUT2D eigenvalue weighted by atomic mass is 10.2. The lowest BCUT2D eigenvalue weighted by Crippen LogP contribution is -2.36. The van der Waals surface area contributed by atoms with Gasteiger partial charge in [0.05, 0.1) is 18.5 Å². The number of ether oxygens (including phenoxy) is 1. The molecular formula is C16H32N4O2. The molecular weight excluding hydrogens is 280 g/mol. The number of carbonyl (C=O) groups excluding carboxylic acids is 1. The van der Waals surface area contributed by atoms with E-state index in [1.54, 1.807) is 0 Å². The van der Waals surface area contributed by atoms with Crippen molar-refractivity contribution in [2.75, 3.05) is 26.7 Å². The highest BCUT2D eigenvalue weighted by atomic mass is 16.5. The first-order valence-electron chi connectivity index (χ1n) is 7.97. The summed E-state index contributed by atoms with van der Waals surface area (Å²) in [5.74, 6) is 0. The molecule has 0 aromatic carbocycles. The number of amides is 1. The van der Waals surface area contributed by atoms with Gasteiger partial charge in [0.15, 0.2) is 0 Å². The van der Waals surface area contributed by atoms with Gasteiger partial charge < -0.3 is 10.1 Å². The minimum absolute atomic E-state index is 0.260. The molecule has 1 unspecified atom stereocenters. The van der Waals surface area contributed by atoms with E-state index in [4.69, 9.17) is 0 Å². The molecule has 1 N–H and O–H groups in total. The van der Waals surface area contributed by atoms with E-state index in [1.165, 1.54) is 19.2 Å². The van der Waals surface area contributed by atoms with Crippen LogP contribution in [0, 0.1) is 6.92 Å². The summed E-state index contributed by atoms with van der Waals surface area (Å²) in [4.78, 5) is 13.3. The molecule has 0 bridgehead atoms. The average molecular weight is 312 g/mol. The number of likely N-dealkylation sites (N-methyl/N-ethyl adjacent to an activating group) is 1.